The van der Waals surface area contributed by atoms with Crippen LogP contribution in [0.5, 0.6) is 5.75 Å². The molecule has 0 radical (unpaired) electrons. The molecule has 0 aliphatic carbocycles. The number of fused-ring (bicyclic) bond motifs is 1. The Kier molecular flexibility index (Phi) is 4.04. The fraction of sp³-hybridized carbons (Fsp3) is 0.125. The summed E-state index contributed by atoms with van der Waals surface area (Å²) in [7, 11) is 0. The second-order valence-corrected chi connectivity index (χ2v) is 6.55. The van der Waals surface area contributed by atoms with Crippen LogP contribution >= 0.6 is 27.5 Å². The van der Waals surface area contributed by atoms with Crippen LogP contribution in [0.25, 0.3) is 5.65 Å². The van der Waals surface area contributed by atoms with Gasteiger partial charge in [0.05, 0.1) is 11.4 Å². The van der Waals surface area contributed by atoms with E-state index in [1.165, 1.54) is 12.1 Å². The van der Waals surface area contributed by atoms with Gasteiger partial charge in [0.2, 0.25) is 0 Å². The Hall–Kier alpha value is -2.05. The highest BCUT2D eigenvalue weighted by Crippen LogP contribution is 2.28. The molecule has 0 spiro atoms. The largest absolute Gasteiger partial charge is 0.506 e. The number of hydrogen-bond acceptors (Lipinski definition) is 3. The van der Waals surface area contributed by atoms with Crippen LogP contribution < -0.4 is 5.32 Å². The van der Waals surface area contributed by atoms with Crippen molar-refractivity contribution in [1.29, 1.82) is 0 Å². The molecule has 0 bridgehead atoms. The number of imidazole rings is 1. The van der Waals surface area contributed by atoms with Gasteiger partial charge < -0.3 is 10.4 Å². The van der Waals surface area contributed by atoms with E-state index in [2.05, 4.69) is 26.2 Å². The number of phenols is 1. The average molecular weight is 395 g/mol. The zero-order chi connectivity index (χ0) is 16.7. The van der Waals surface area contributed by atoms with E-state index in [4.69, 9.17) is 11.6 Å². The number of halogens is 2. The zero-order valence-corrected chi connectivity index (χ0v) is 14.7. The van der Waals surface area contributed by atoms with Gasteiger partial charge in [0.1, 0.15) is 17.1 Å². The van der Waals surface area contributed by atoms with Crippen molar-refractivity contribution in [3.05, 3.63) is 56.9 Å². The Bertz CT molecular complexity index is 937. The highest BCUT2D eigenvalue weighted by atomic mass is 79.9. The van der Waals surface area contributed by atoms with Crippen molar-refractivity contribution in [2.24, 2.45) is 0 Å². The molecule has 2 N–H and O–H groups in total. The summed E-state index contributed by atoms with van der Waals surface area (Å²) in [5, 5.41) is 12.9. The molecule has 0 saturated carbocycles. The number of carbonyl (C=O) groups is 1. The van der Waals surface area contributed by atoms with Gasteiger partial charge in [-0.3, -0.25) is 9.20 Å². The lowest BCUT2D eigenvalue weighted by molar-refractivity contribution is 0.102. The first-order valence-electron chi connectivity index (χ1n) is 6.81. The minimum atomic E-state index is -0.370. The number of aromatic hydroxyl groups is 1. The Morgan fingerprint density at radius 2 is 2.09 bits per heavy atom. The number of rotatable bonds is 2. The molecule has 23 heavy (non-hydrogen) atoms. The molecule has 2 aromatic heterocycles. The monoisotopic (exact) mass is 393 g/mol. The first-order valence-corrected chi connectivity index (χ1v) is 7.98. The third-order valence-corrected chi connectivity index (χ3v) is 4.14. The van der Waals surface area contributed by atoms with Crippen molar-refractivity contribution in [1.82, 2.24) is 9.38 Å². The summed E-state index contributed by atoms with van der Waals surface area (Å²) in [4.78, 5) is 17.1. The molecule has 0 atom stereocenters. The van der Waals surface area contributed by atoms with E-state index in [-0.39, 0.29) is 17.3 Å². The van der Waals surface area contributed by atoms with E-state index in [0.29, 0.717) is 22.1 Å². The number of pyridine rings is 1. The normalized spacial score (nSPS) is 11.0. The van der Waals surface area contributed by atoms with Crippen molar-refractivity contribution in [3.63, 3.8) is 0 Å². The lowest BCUT2D eigenvalue weighted by atomic mass is 10.2. The maximum Gasteiger partial charge on any atom is 0.274 e. The van der Waals surface area contributed by atoms with Gasteiger partial charge in [-0.1, -0.05) is 11.6 Å². The smallest absolute Gasteiger partial charge is 0.274 e. The van der Waals surface area contributed by atoms with E-state index in [1.807, 2.05) is 13.0 Å². The SMILES string of the molecule is Cc1nc2c(C)cc(Br)cn2c1C(=O)Nc1cc(Cl)ccc1O. The summed E-state index contributed by atoms with van der Waals surface area (Å²) in [5.74, 6) is -0.420. The van der Waals surface area contributed by atoms with Crippen molar-refractivity contribution in [2.75, 3.05) is 5.32 Å². The van der Waals surface area contributed by atoms with Gasteiger partial charge in [0.15, 0.2) is 0 Å². The topological polar surface area (TPSA) is 66.6 Å². The van der Waals surface area contributed by atoms with E-state index < -0.39 is 0 Å². The lowest BCUT2D eigenvalue weighted by Gasteiger charge is -2.09. The summed E-state index contributed by atoms with van der Waals surface area (Å²) >= 11 is 9.33. The maximum atomic E-state index is 12.7. The van der Waals surface area contributed by atoms with Gasteiger partial charge >= 0.3 is 0 Å². The fourth-order valence-corrected chi connectivity index (χ4v) is 3.17. The number of aryl methyl sites for hydroxylation is 2. The van der Waals surface area contributed by atoms with Crippen LogP contribution in [-0.2, 0) is 0 Å². The van der Waals surface area contributed by atoms with Crippen LogP contribution in [0, 0.1) is 13.8 Å². The number of hydrogen-bond donors (Lipinski definition) is 2. The molecular formula is C16H13BrClN3O2. The molecule has 2 heterocycles. The van der Waals surface area contributed by atoms with Gasteiger partial charge in [0, 0.05) is 15.7 Å². The number of amides is 1. The molecule has 3 aromatic rings. The molecule has 0 saturated heterocycles. The molecule has 0 aliphatic heterocycles. The summed E-state index contributed by atoms with van der Waals surface area (Å²) in [5.41, 5.74) is 2.93. The standard InChI is InChI=1S/C16H13BrClN3O2/c1-8-5-10(17)7-21-14(9(2)19-15(8)21)16(23)20-12-6-11(18)3-4-13(12)22/h3-7,22H,1-2H3,(H,20,23). The van der Waals surface area contributed by atoms with Gasteiger partial charge in [-0.15, -0.1) is 0 Å². The van der Waals surface area contributed by atoms with Crippen molar-refractivity contribution in [2.45, 2.75) is 13.8 Å². The molecule has 0 unspecified atom stereocenters. The summed E-state index contributed by atoms with van der Waals surface area (Å²) in [6, 6.07) is 6.41. The van der Waals surface area contributed by atoms with Crippen LogP contribution in [0.1, 0.15) is 21.7 Å². The number of benzene rings is 1. The summed E-state index contributed by atoms with van der Waals surface area (Å²) in [6.45, 7) is 3.70. The third-order valence-electron chi connectivity index (χ3n) is 3.47. The zero-order valence-electron chi connectivity index (χ0n) is 12.4. The Balaban J connectivity index is 2.08. The van der Waals surface area contributed by atoms with Crippen molar-refractivity contribution < 1.29 is 9.90 Å². The second-order valence-electron chi connectivity index (χ2n) is 5.20. The quantitative estimate of drug-likeness (QED) is 0.636. The molecule has 0 aliphatic rings. The highest BCUT2D eigenvalue weighted by Gasteiger charge is 2.19. The first-order chi connectivity index (χ1) is 10.9. The maximum absolute atomic E-state index is 12.7. The van der Waals surface area contributed by atoms with Gasteiger partial charge in [-0.25, -0.2) is 4.98 Å². The minimum Gasteiger partial charge on any atom is -0.506 e. The number of anilines is 1. The molecule has 3 rings (SSSR count). The highest BCUT2D eigenvalue weighted by molar-refractivity contribution is 9.10. The second kappa shape index (κ2) is 5.86. The molecule has 7 heteroatoms. The number of phenolic OH excluding ortho intramolecular Hbond substituents is 1. The molecule has 118 valence electrons. The van der Waals surface area contributed by atoms with Crippen LogP contribution in [0.2, 0.25) is 5.02 Å². The molecule has 5 nitrogen and oxygen atoms in total. The van der Waals surface area contributed by atoms with E-state index in [1.54, 1.807) is 23.6 Å². The van der Waals surface area contributed by atoms with Crippen LogP contribution in [-0.4, -0.2) is 20.4 Å². The first kappa shape index (κ1) is 15.8. The number of aromatic nitrogens is 2. The van der Waals surface area contributed by atoms with E-state index in [9.17, 15) is 9.90 Å². The predicted octanol–water partition coefficient (Wildman–Crippen LogP) is 4.32. The van der Waals surface area contributed by atoms with Crippen LogP contribution in [0.3, 0.4) is 0 Å². The Labute approximate surface area is 146 Å². The average Bonchev–Trinajstić information content (AvgIpc) is 2.79. The van der Waals surface area contributed by atoms with Crippen molar-refractivity contribution in [3.8, 4) is 5.75 Å². The molecule has 1 aromatic carbocycles. The Morgan fingerprint density at radius 3 is 2.83 bits per heavy atom. The van der Waals surface area contributed by atoms with Gasteiger partial charge in [-0.2, -0.15) is 0 Å². The molecule has 0 fully saturated rings. The van der Waals surface area contributed by atoms with Crippen molar-refractivity contribution >= 4 is 44.8 Å². The van der Waals surface area contributed by atoms with Crippen LogP contribution in [0.15, 0.2) is 34.9 Å². The van der Waals surface area contributed by atoms with Gasteiger partial charge in [-0.05, 0) is 59.6 Å². The third kappa shape index (κ3) is 2.92. The number of nitrogens with one attached hydrogen (secondary N) is 1. The summed E-state index contributed by atoms with van der Waals surface area (Å²) < 4.78 is 2.57. The number of nitrogens with zero attached hydrogens (tertiary/aromatic N) is 2. The van der Waals surface area contributed by atoms with Crippen LogP contribution in [0.4, 0.5) is 5.69 Å². The fourth-order valence-electron chi connectivity index (χ4n) is 2.45. The predicted molar refractivity (Wildman–Crippen MR) is 93.4 cm³/mol. The minimum absolute atomic E-state index is 0.0495. The summed E-state index contributed by atoms with van der Waals surface area (Å²) in [6.07, 6.45) is 1.79. The van der Waals surface area contributed by atoms with Gasteiger partial charge in [0.25, 0.3) is 5.91 Å². The lowest BCUT2D eigenvalue weighted by Crippen LogP contribution is -2.15. The number of carbonyl (C=O) groups excluding carboxylic acids is 1. The Morgan fingerprint density at radius 1 is 1.35 bits per heavy atom. The molecule has 1 amide bonds. The van der Waals surface area contributed by atoms with E-state index in [0.717, 1.165) is 10.0 Å². The van der Waals surface area contributed by atoms with E-state index >= 15 is 0 Å². The molecular weight excluding hydrogens is 382 g/mol.